The Bertz CT molecular complexity index is 1370. The number of aliphatic hydroxyl groups excluding tert-OH is 2. The van der Waals surface area contributed by atoms with Crippen molar-refractivity contribution in [3.05, 3.63) is 60.0 Å². The fourth-order valence-electron chi connectivity index (χ4n) is 7.27. The summed E-state index contributed by atoms with van der Waals surface area (Å²) in [6.07, 6.45) is 8.58. The molecule has 13 heteroatoms. The van der Waals surface area contributed by atoms with Crippen LogP contribution in [0.1, 0.15) is 41.0 Å². The minimum atomic E-state index is -1.47. The summed E-state index contributed by atoms with van der Waals surface area (Å²) >= 11 is 0. The molecule has 4 heterocycles. The van der Waals surface area contributed by atoms with Crippen LogP contribution in [0.15, 0.2) is 60.0 Å². The van der Waals surface area contributed by atoms with Crippen molar-refractivity contribution in [2.75, 3.05) is 34.0 Å². The minimum absolute atomic E-state index is 0.0159. The van der Waals surface area contributed by atoms with E-state index >= 15 is 0 Å². The highest BCUT2D eigenvalue weighted by atomic mass is 16.7. The van der Waals surface area contributed by atoms with Crippen molar-refractivity contribution >= 4 is 11.9 Å². The van der Waals surface area contributed by atoms with Crippen LogP contribution < -0.4 is 5.32 Å². The van der Waals surface area contributed by atoms with Crippen LogP contribution in [0.3, 0.4) is 0 Å². The van der Waals surface area contributed by atoms with Gasteiger partial charge in [0, 0.05) is 44.8 Å². The fraction of sp³-hybridized carbons (Fsp3) is 0.657. The molecule has 0 spiro atoms. The van der Waals surface area contributed by atoms with Gasteiger partial charge in [0.1, 0.15) is 23.9 Å². The molecular weight excluding hydrogens is 624 g/mol. The Morgan fingerprint density at radius 2 is 1.94 bits per heavy atom. The summed E-state index contributed by atoms with van der Waals surface area (Å²) in [6.45, 7) is 9.23. The van der Waals surface area contributed by atoms with Gasteiger partial charge in [-0.05, 0) is 56.3 Å². The third-order valence-corrected chi connectivity index (χ3v) is 10.0. The average molecular weight is 675 g/mol. The van der Waals surface area contributed by atoms with Gasteiger partial charge in [0.2, 0.25) is 5.79 Å². The van der Waals surface area contributed by atoms with Gasteiger partial charge in [-0.1, -0.05) is 32.1 Å². The van der Waals surface area contributed by atoms with E-state index in [0.717, 1.165) is 5.70 Å². The maximum Gasteiger partial charge on any atom is 0.331 e. The third-order valence-electron chi connectivity index (χ3n) is 10.0. The maximum atomic E-state index is 13.3. The highest BCUT2D eigenvalue weighted by Gasteiger charge is 2.55. The SMILES string of the molecule is CO[C@]12C=C[C@](C)(O1)[C@@H](OC(=O)/C=C/C1=CN(C)CN1)C[C@@H]1[C@H](/C=C\2CO[C@@H]2OC[C@@H](O)[C@@H](O)[C@@H]2OC(C)=O)[C@@H](C(C)C)C=C[C@@]1(C)O. The lowest BCUT2D eigenvalue weighted by Gasteiger charge is -2.45. The summed E-state index contributed by atoms with van der Waals surface area (Å²) in [5.41, 5.74) is -1.12. The van der Waals surface area contributed by atoms with Crippen molar-refractivity contribution in [3.63, 3.8) is 0 Å². The second-order valence-electron chi connectivity index (χ2n) is 14.1. The first-order valence-corrected chi connectivity index (χ1v) is 16.5. The monoisotopic (exact) mass is 674 g/mol. The largest absolute Gasteiger partial charge is 0.456 e. The molecule has 266 valence electrons. The molecule has 5 aliphatic rings. The molecule has 0 radical (unpaired) electrons. The molecule has 4 N–H and O–H groups in total. The second kappa shape index (κ2) is 14.1. The lowest BCUT2D eigenvalue weighted by atomic mass is 9.63. The van der Waals surface area contributed by atoms with Crippen molar-refractivity contribution in [1.82, 2.24) is 10.2 Å². The number of aliphatic hydroxyl groups is 3. The number of esters is 2. The molecule has 1 fully saturated rings. The van der Waals surface area contributed by atoms with Crippen molar-refractivity contribution in [3.8, 4) is 0 Å². The Kier molecular flexibility index (Phi) is 10.6. The number of methoxy groups -OCH3 is 1. The minimum Gasteiger partial charge on any atom is -0.456 e. The molecule has 0 aromatic rings. The van der Waals surface area contributed by atoms with Gasteiger partial charge in [-0.3, -0.25) is 4.79 Å². The van der Waals surface area contributed by atoms with E-state index in [-0.39, 0.29) is 37.4 Å². The number of nitrogens with one attached hydrogen (secondary N) is 1. The van der Waals surface area contributed by atoms with Gasteiger partial charge < -0.3 is 54.0 Å². The zero-order valence-corrected chi connectivity index (χ0v) is 28.7. The van der Waals surface area contributed by atoms with Crippen LogP contribution in [-0.2, 0) is 38.0 Å². The first-order chi connectivity index (χ1) is 22.6. The number of hydrogen-bond acceptors (Lipinski definition) is 13. The van der Waals surface area contributed by atoms with E-state index in [9.17, 15) is 24.9 Å². The molecule has 48 heavy (non-hydrogen) atoms. The van der Waals surface area contributed by atoms with E-state index in [1.807, 2.05) is 43.3 Å². The lowest BCUT2D eigenvalue weighted by molar-refractivity contribution is -0.277. The predicted molar refractivity (Wildman–Crippen MR) is 172 cm³/mol. The number of fused-ring (bicyclic) bond motifs is 3. The van der Waals surface area contributed by atoms with Crippen LogP contribution in [-0.4, -0.2) is 114 Å². The first kappa shape index (κ1) is 36.2. The van der Waals surface area contributed by atoms with Gasteiger partial charge in [0.25, 0.3) is 0 Å². The summed E-state index contributed by atoms with van der Waals surface area (Å²) in [7, 11) is 3.42. The summed E-state index contributed by atoms with van der Waals surface area (Å²) in [6, 6.07) is 0. The van der Waals surface area contributed by atoms with Crippen molar-refractivity contribution in [2.24, 2.45) is 23.7 Å². The number of ether oxygens (including phenoxy) is 6. The molecule has 4 aliphatic heterocycles. The molecule has 1 saturated heterocycles. The number of allylic oxidation sites excluding steroid dienone is 3. The molecule has 13 nitrogen and oxygen atoms in total. The third kappa shape index (κ3) is 7.42. The molecule has 11 atom stereocenters. The average Bonchev–Trinajstić information content (AvgIpc) is 3.61. The smallest absolute Gasteiger partial charge is 0.331 e. The summed E-state index contributed by atoms with van der Waals surface area (Å²) < 4.78 is 36.1. The number of nitrogens with zero attached hydrogens (tertiary/aromatic N) is 1. The van der Waals surface area contributed by atoms with Crippen molar-refractivity contribution < 1.29 is 53.3 Å². The van der Waals surface area contributed by atoms with Gasteiger partial charge in [0.05, 0.1) is 31.2 Å². The highest BCUT2D eigenvalue weighted by Crippen LogP contribution is 2.50. The van der Waals surface area contributed by atoms with Crippen LogP contribution >= 0.6 is 0 Å². The molecule has 1 aliphatic carbocycles. The summed E-state index contributed by atoms with van der Waals surface area (Å²) in [5, 5.41) is 35.8. The van der Waals surface area contributed by atoms with Crippen LogP contribution in [0.5, 0.6) is 0 Å². The van der Waals surface area contributed by atoms with E-state index in [1.165, 1.54) is 20.1 Å². The van der Waals surface area contributed by atoms with Crippen molar-refractivity contribution in [1.29, 1.82) is 0 Å². The fourth-order valence-corrected chi connectivity index (χ4v) is 7.27. The van der Waals surface area contributed by atoms with Gasteiger partial charge in [-0.25, -0.2) is 4.79 Å². The van der Waals surface area contributed by atoms with Crippen LogP contribution in [0.2, 0.25) is 0 Å². The van der Waals surface area contributed by atoms with E-state index in [1.54, 1.807) is 25.2 Å². The number of carbonyl (C=O) groups excluding carboxylic acids is 2. The van der Waals surface area contributed by atoms with E-state index in [4.69, 9.17) is 28.4 Å². The van der Waals surface area contributed by atoms with Gasteiger partial charge in [-0.15, -0.1) is 0 Å². The quantitative estimate of drug-likeness (QED) is 0.159. The molecule has 0 saturated carbocycles. The van der Waals surface area contributed by atoms with Crippen LogP contribution in [0, 0.1) is 23.7 Å². The molecule has 0 aromatic heterocycles. The Morgan fingerprint density at radius 3 is 2.58 bits per heavy atom. The predicted octanol–water partition coefficient (Wildman–Crippen LogP) is 1.66. The molecule has 0 aromatic carbocycles. The Hall–Kier alpha value is -3.04. The topological polar surface area (TPSA) is 165 Å². The molecule has 5 rings (SSSR count). The van der Waals surface area contributed by atoms with E-state index in [0.29, 0.717) is 12.2 Å². The maximum absolute atomic E-state index is 13.3. The van der Waals surface area contributed by atoms with Gasteiger partial charge >= 0.3 is 11.9 Å². The van der Waals surface area contributed by atoms with E-state index in [2.05, 4.69) is 19.2 Å². The van der Waals surface area contributed by atoms with Crippen LogP contribution in [0.4, 0.5) is 0 Å². The summed E-state index contributed by atoms with van der Waals surface area (Å²) in [5.74, 6) is -3.23. The van der Waals surface area contributed by atoms with E-state index < -0.39 is 65.6 Å². The number of carbonyl (C=O) groups is 2. The van der Waals surface area contributed by atoms with Gasteiger partial charge in [0.15, 0.2) is 12.4 Å². The zero-order valence-electron chi connectivity index (χ0n) is 28.7. The highest BCUT2D eigenvalue weighted by molar-refractivity contribution is 5.82. The Labute approximate surface area is 281 Å². The standard InChI is InChI=1S/C35H50N2O11/c1-20(2)24-10-11-33(4,42)26-15-28(47-29(40)9-8-23-16-37(6)19-36-23)34(5)12-13-35(43-7,48-34)22(14-25(24)26)17-44-32-31(46-21(3)38)30(41)27(39)18-45-32/h8-14,16,20,24-28,30-32,36,39,41-42H,15,17-19H2,1-7H3/b9-8+,22-14-/t24-,25-,26-,27-,28+,30-,31+,32-,33-,34+,35-/m1/s1. The first-order valence-electron chi connectivity index (χ1n) is 16.5. The number of rotatable bonds is 9. The Balaban J connectivity index is 1.51. The molecule has 0 unspecified atom stereocenters. The second-order valence-corrected chi connectivity index (χ2v) is 14.1. The zero-order chi connectivity index (χ0) is 35.0. The molecular formula is C35H50N2O11. The lowest BCUT2D eigenvalue weighted by Crippen LogP contribution is -2.55. The summed E-state index contributed by atoms with van der Waals surface area (Å²) in [4.78, 5) is 27.1. The molecule has 2 bridgehead atoms. The Morgan fingerprint density at radius 1 is 1.19 bits per heavy atom. The van der Waals surface area contributed by atoms with Crippen LogP contribution in [0.25, 0.3) is 0 Å². The number of hydrogen-bond donors (Lipinski definition) is 4. The normalized spacial score (nSPS) is 41.9. The molecule has 0 amide bonds. The van der Waals surface area contributed by atoms with Gasteiger partial charge in [-0.2, -0.15) is 0 Å². The van der Waals surface area contributed by atoms with Crippen molar-refractivity contribution in [2.45, 2.75) is 88.7 Å².